The Morgan fingerprint density at radius 2 is 1.69 bits per heavy atom. The highest BCUT2D eigenvalue weighted by Gasteiger charge is 2.45. The first kappa shape index (κ1) is 8.21. The lowest BCUT2D eigenvalue weighted by Gasteiger charge is -2.26. The van der Waals surface area contributed by atoms with Crippen molar-refractivity contribution in [3.05, 3.63) is 0 Å². The summed E-state index contributed by atoms with van der Waals surface area (Å²) in [6, 6.07) is 0. The lowest BCUT2D eigenvalue weighted by Crippen LogP contribution is -2.31. The van der Waals surface area contributed by atoms with Gasteiger partial charge in [-0.15, -0.1) is 0 Å². The molecular weight excluding hydrogens is 168 g/mol. The molecule has 0 aromatic rings. The van der Waals surface area contributed by atoms with E-state index in [9.17, 15) is 0 Å². The smallest absolute Gasteiger partial charge is 0.0837 e. The van der Waals surface area contributed by atoms with Crippen LogP contribution in [0.2, 0.25) is 0 Å². The highest BCUT2D eigenvalue weighted by Crippen LogP contribution is 2.40. The van der Waals surface area contributed by atoms with E-state index < -0.39 is 0 Å². The molecule has 0 spiro atoms. The van der Waals surface area contributed by atoms with E-state index in [1.54, 1.807) is 0 Å². The zero-order valence-electron chi connectivity index (χ0n) is 7.83. The van der Waals surface area contributed by atoms with Gasteiger partial charge in [-0.1, -0.05) is 0 Å². The molecule has 0 amide bonds. The Hall–Kier alpha value is -0.120. The summed E-state index contributed by atoms with van der Waals surface area (Å²) in [5.41, 5.74) is 0.113. The number of hydrogen-bond acceptors (Lipinski definition) is 3. The van der Waals surface area contributed by atoms with Crippen LogP contribution in [0.4, 0.5) is 0 Å². The number of hydrogen-bond donors (Lipinski definition) is 0. The summed E-state index contributed by atoms with van der Waals surface area (Å²) >= 11 is 0. The quantitative estimate of drug-likeness (QED) is 0.614. The minimum absolute atomic E-state index is 0.113. The Morgan fingerprint density at radius 1 is 1.08 bits per heavy atom. The first-order chi connectivity index (χ1) is 6.36. The lowest BCUT2D eigenvalue weighted by atomic mass is 9.89. The molecule has 13 heavy (non-hydrogen) atoms. The maximum atomic E-state index is 5.88. The summed E-state index contributed by atoms with van der Waals surface area (Å²) < 4.78 is 16.4. The minimum atomic E-state index is 0.113. The van der Waals surface area contributed by atoms with Gasteiger partial charge >= 0.3 is 0 Å². The first-order valence-corrected chi connectivity index (χ1v) is 5.24. The standard InChI is InChI=1S/C10H16O3/c1-2-10(13-3-1,4-8-6-11-8)5-9-7-12-9/h8-9H,1-7H2. The molecule has 0 aromatic heterocycles. The van der Waals surface area contributed by atoms with E-state index >= 15 is 0 Å². The molecule has 0 aliphatic carbocycles. The van der Waals surface area contributed by atoms with Gasteiger partial charge in [0, 0.05) is 19.4 Å². The van der Waals surface area contributed by atoms with Crippen LogP contribution < -0.4 is 0 Å². The second-order valence-corrected chi connectivity index (χ2v) is 4.45. The first-order valence-electron chi connectivity index (χ1n) is 5.24. The fourth-order valence-electron chi connectivity index (χ4n) is 2.36. The Labute approximate surface area is 78.3 Å². The fraction of sp³-hybridized carbons (Fsp3) is 1.00. The Morgan fingerprint density at radius 3 is 2.08 bits per heavy atom. The third-order valence-electron chi connectivity index (χ3n) is 3.19. The highest BCUT2D eigenvalue weighted by molar-refractivity contribution is 4.94. The molecule has 3 heteroatoms. The van der Waals surface area contributed by atoms with Crippen LogP contribution in [0.5, 0.6) is 0 Å². The van der Waals surface area contributed by atoms with Crippen molar-refractivity contribution in [2.75, 3.05) is 19.8 Å². The maximum absolute atomic E-state index is 5.88. The van der Waals surface area contributed by atoms with Gasteiger partial charge in [-0.25, -0.2) is 0 Å². The van der Waals surface area contributed by atoms with Crippen molar-refractivity contribution >= 4 is 0 Å². The third-order valence-corrected chi connectivity index (χ3v) is 3.19. The van der Waals surface area contributed by atoms with Crippen molar-refractivity contribution in [1.29, 1.82) is 0 Å². The van der Waals surface area contributed by atoms with Gasteiger partial charge in [-0.05, 0) is 12.8 Å². The van der Waals surface area contributed by atoms with Gasteiger partial charge in [0.15, 0.2) is 0 Å². The Bertz CT molecular complexity index is 174. The van der Waals surface area contributed by atoms with Crippen molar-refractivity contribution < 1.29 is 14.2 Å². The van der Waals surface area contributed by atoms with E-state index in [4.69, 9.17) is 14.2 Å². The molecule has 0 saturated carbocycles. The van der Waals surface area contributed by atoms with Crippen LogP contribution in [0.25, 0.3) is 0 Å². The van der Waals surface area contributed by atoms with E-state index in [0.29, 0.717) is 12.2 Å². The van der Waals surface area contributed by atoms with E-state index in [1.807, 2.05) is 0 Å². The van der Waals surface area contributed by atoms with E-state index in [0.717, 1.165) is 32.7 Å². The molecule has 3 fully saturated rings. The molecule has 3 nitrogen and oxygen atoms in total. The second-order valence-electron chi connectivity index (χ2n) is 4.45. The molecule has 0 bridgehead atoms. The van der Waals surface area contributed by atoms with Crippen molar-refractivity contribution in [3.63, 3.8) is 0 Å². The van der Waals surface area contributed by atoms with Crippen LogP contribution in [-0.2, 0) is 14.2 Å². The van der Waals surface area contributed by atoms with Crippen LogP contribution in [0.15, 0.2) is 0 Å². The van der Waals surface area contributed by atoms with Gasteiger partial charge in [-0.3, -0.25) is 0 Å². The van der Waals surface area contributed by atoms with Gasteiger partial charge < -0.3 is 14.2 Å². The van der Waals surface area contributed by atoms with Crippen molar-refractivity contribution in [3.8, 4) is 0 Å². The van der Waals surface area contributed by atoms with Crippen LogP contribution in [0.1, 0.15) is 25.7 Å². The summed E-state index contributed by atoms with van der Waals surface area (Å²) in [5.74, 6) is 0. The maximum Gasteiger partial charge on any atom is 0.0837 e. The van der Waals surface area contributed by atoms with Gasteiger partial charge in [0.2, 0.25) is 0 Å². The van der Waals surface area contributed by atoms with Crippen molar-refractivity contribution in [2.24, 2.45) is 0 Å². The summed E-state index contributed by atoms with van der Waals surface area (Å²) in [5, 5.41) is 0. The van der Waals surface area contributed by atoms with Crippen LogP contribution in [0.3, 0.4) is 0 Å². The van der Waals surface area contributed by atoms with Gasteiger partial charge in [0.1, 0.15) is 0 Å². The normalized spacial score (nSPS) is 48.0. The zero-order valence-corrected chi connectivity index (χ0v) is 7.83. The SMILES string of the molecule is C1COC(CC2CO2)(CC2CO2)C1. The molecule has 3 saturated heterocycles. The number of ether oxygens (including phenoxy) is 3. The van der Waals surface area contributed by atoms with Crippen LogP contribution in [0, 0.1) is 0 Å². The lowest BCUT2D eigenvalue weighted by molar-refractivity contribution is -0.0196. The van der Waals surface area contributed by atoms with E-state index in [2.05, 4.69) is 0 Å². The molecule has 3 rings (SSSR count). The Kier molecular flexibility index (Phi) is 1.86. The summed E-state index contributed by atoms with van der Waals surface area (Å²) in [6.45, 7) is 2.81. The Balaban J connectivity index is 1.62. The van der Waals surface area contributed by atoms with Crippen LogP contribution >= 0.6 is 0 Å². The average Bonchev–Trinajstić information content (AvgIpc) is 2.98. The summed E-state index contributed by atoms with van der Waals surface area (Å²) in [7, 11) is 0. The molecule has 3 heterocycles. The summed E-state index contributed by atoms with van der Waals surface area (Å²) in [6.07, 6.45) is 5.56. The van der Waals surface area contributed by atoms with Crippen LogP contribution in [-0.4, -0.2) is 37.6 Å². The minimum Gasteiger partial charge on any atom is -0.375 e. The van der Waals surface area contributed by atoms with Gasteiger partial charge in [0.05, 0.1) is 31.0 Å². The molecular formula is C10H16O3. The van der Waals surface area contributed by atoms with Crippen molar-refractivity contribution in [2.45, 2.75) is 43.5 Å². The molecule has 74 valence electrons. The topological polar surface area (TPSA) is 34.3 Å². The third kappa shape index (κ3) is 1.87. The molecule has 2 atom stereocenters. The molecule has 0 N–H and O–H groups in total. The van der Waals surface area contributed by atoms with Gasteiger partial charge in [0.25, 0.3) is 0 Å². The molecule has 0 aromatic carbocycles. The van der Waals surface area contributed by atoms with Crippen molar-refractivity contribution in [1.82, 2.24) is 0 Å². The largest absolute Gasteiger partial charge is 0.375 e. The molecule has 3 aliphatic rings. The average molecular weight is 184 g/mol. The summed E-state index contributed by atoms with van der Waals surface area (Å²) in [4.78, 5) is 0. The molecule has 2 unspecified atom stereocenters. The van der Waals surface area contributed by atoms with E-state index in [1.165, 1.54) is 12.8 Å². The second kappa shape index (κ2) is 2.94. The molecule has 3 aliphatic heterocycles. The number of epoxide rings is 2. The highest BCUT2D eigenvalue weighted by atomic mass is 16.6. The predicted octanol–water partition coefficient (Wildman–Crippen LogP) is 1.11. The number of rotatable bonds is 4. The monoisotopic (exact) mass is 184 g/mol. The predicted molar refractivity (Wildman–Crippen MR) is 46.6 cm³/mol. The molecule has 0 radical (unpaired) electrons. The zero-order chi connectivity index (χ0) is 8.73. The van der Waals surface area contributed by atoms with Gasteiger partial charge in [-0.2, -0.15) is 0 Å². The van der Waals surface area contributed by atoms with E-state index in [-0.39, 0.29) is 5.60 Å². The fourth-order valence-corrected chi connectivity index (χ4v) is 2.36.